The minimum absolute atomic E-state index is 0.0791. The molecule has 0 fully saturated rings. The van der Waals surface area contributed by atoms with Crippen LogP contribution in [0.3, 0.4) is 0 Å². The molecule has 0 bridgehead atoms. The molecule has 22 heavy (non-hydrogen) atoms. The standard InChI is InChI=1S/C18H36O4/c1-2-22-18(21)15-11-6-4-3-5-9-13-17(20)14-10-7-8-12-16-19/h17,19-20H,2-16H2,1H3. The quantitative estimate of drug-likeness (QED) is 0.334. The third-order valence-electron chi connectivity index (χ3n) is 3.92. The van der Waals surface area contributed by atoms with Crippen LogP contribution in [0.1, 0.15) is 90.4 Å². The number of unbranched alkanes of at least 4 members (excludes halogenated alkanes) is 8. The van der Waals surface area contributed by atoms with Crippen molar-refractivity contribution in [3.8, 4) is 0 Å². The van der Waals surface area contributed by atoms with E-state index in [9.17, 15) is 9.90 Å². The fourth-order valence-corrected chi connectivity index (χ4v) is 2.58. The third kappa shape index (κ3) is 15.8. The maximum absolute atomic E-state index is 11.1. The number of aliphatic hydroxyl groups is 2. The van der Waals surface area contributed by atoms with Crippen LogP contribution in [0.4, 0.5) is 0 Å². The van der Waals surface area contributed by atoms with Crippen LogP contribution in [0.25, 0.3) is 0 Å². The molecule has 0 radical (unpaired) electrons. The Hall–Kier alpha value is -0.610. The molecule has 4 nitrogen and oxygen atoms in total. The molecule has 132 valence electrons. The van der Waals surface area contributed by atoms with Gasteiger partial charge in [-0.2, -0.15) is 0 Å². The van der Waals surface area contributed by atoms with Gasteiger partial charge in [0.05, 0.1) is 12.7 Å². The lowest BCUT2D eigenvalue weighted by atomic mass is 10.0. The molecule has 0 aliphatic rings. The van der Waals surface area contributed by atoms with Crippen molar-refractivity contribution >= 4 is 5.97 Å². The Morgan fingerprint density at radius 3 is 1.91 bits per heavy atom. The Labute approximate surface area is 136 Å². The summed E-state index contributed by atoms with van der Waals surface area (Å²) in [7, 11) is 0. The summed E-state index contributed by atoms with van der Waals surface area (Å²) in [6, 6.07) is 0. The Bertz CT molecular complexity index is 243. The number of aliphatic hydroxyl groups excluding tert-OH is 2. The number of carbonyl (C=O) groups excluding carboxylic acids is 1. The molecule has 0 amide bonds. The van der Waals surface area contributed by atoms with Gasteiger partial charge in [0.2, 0.25) is 0 Å². The molecule has 4 heteroatoms. The first-order valence-corrected chi connectivity index (χ1v) is 9.15. The summed E-state index contributed by atoms with van der Waals surface area (Å²) in [5.74, 6) is -0.0791. The Morgan fingerprint density at radius 2 is 1.36 bits per heavy atom. The van der Waals surface area contributed by atoms with Crippen molar-refractivity contribution in [2.45, 2.75) is 96.5 Å². The van der Waals surface area contributed by atoms with Gasteiger partial charge >= 0.3 is 5.97 Å². The molecule has 0 rings (SSSR count). The van der Waals surface area contributed by atoms with Crippen molar-refractivity contribution in [3.05, 3.63) is 0 Å². The Kier molecular flexibility index (Phi) is 16.3. The average molecular weight is 316 g/mol. The molecule has 0 aromatic rings. The van der Waals surface area contributed by atoms with Crippen molar-refractivity contribution in [1.29, 1.82) is 0 Å². The van der Waals surface area contributed by atoms with Crippen LogP contribution in [-0.2, 0) is 9.53 Å². The highest BCUT2D eigenvalue weighted by atomic mass is 16.5. The van der Waals surface area contributed by atoms with Gasteiger partial charge in [0.1, 0.15) is 0 Å². The molecule has 0 aromatic carbocycles. The zero-order valence-electron chi connectivity index (χ0n) is 14.4. The topological polar surface area (TPSA) is 66.8 Å². The van der Waals surface area contributed by atoms with Crippen LogP contribution in [0, 0.1) is 0 Å². The lowest BCUT2D eigenvalue weighted by Crippen LogP contribution is -2.06. The number of ether oxygens (including phenoxy) is 1. The van der Waals surface area contributed by atoms with Crippen LogP contribution in [0.15, 0.2) is 0 Å². The van der Waals surface area contributed by atoms with Crippen molar-refractivity contribution in [1.82, 2.24) is 0 Å². The van der Waals surface area contributed by atoms with Crippen molar-refractivity contribution in [3.63, 3.8) is 0 Å². The van der Waals surface area contributed by atoms with E-state index in [0.717, 1.165) is 64.2 Å². The van der Waals surface area contributed by atoms with Gasteiger partial charge < -0.3 is 14.9 Å². The molecule has 0 aromatic heterocycles. The van der Waals surface area contributed by atoms with Crippen LogP contribution in [0.5, 0.6) is 0 Å². The fourth-order valence-electron chi connectivity index (χ4n) is 2.58. The summed E-state index contributed by atoms with van der Waals surface area (Å²) in [5, 5.41) is 18.5. The summed E-state index contributed by atoms with van der Waals surface area (Å²) in [6.45, 7) is 2.59. The summed E-state index contributed by atoms with van der Waals surface area (Å²) in [5.41, 5.74) is 0. The summed E-state index contributed by atoms with van der Waals surface area (Å²) < 4.78 is 4.89. The first-order chi connectivity index (χ1) is 10.7. The monoisotopic (exact) mass is 316 g/mol. The van der Waals surface area contributed by atoms with E-state index >= 15 is 0 Å². The molecule has 2 N–H and O–H groups in total. The van der Waals surface area contributed by atoms with E-state index in [2.05, 4.69) is 0 Å². The highest BCUT2D eigenvalue weighted by Crippen LogP contribution is 2.13. The molecular weight excluding hydrogens is 280 g/mol. The molecule has 1 atom stereocenters. The zero-order chi connectivity index (χ0) is 16.5. The minimum Gasteiger partial charge on any atom is -0.466 e. The van der Waals surface area contributed by atoms with E-state index in [1.54, 1.807) is 0 Å². The SMILES string of the molecule is CCOC(=O)CCCCCCCCC(O)CCCCCCO. The van der Waals surface area contributed by atoms with Gasteiger partial charge in [-0.05, 0) is 32.6 Å². The first kappa shape index (κ1) is 21.4. The van der Waals surface area contributed by atoms with Gasteiger partial charge in [0, 0.05) is 13.0 Å². The van der Waals surface area contributed by atoms with Crippen LogP contribution < -0.4 is 0 Å². The van der Waals surface area contributed by atoms with Gasteiger partial charge in [0.25, 0.3) is 0 Å². The second kappa shape index (κ2) is 16.8. The van der Waals surface area contributed by atoms with Crippen LogP contribution in [0.2, 0.25) is 0 Å². The fraction of sp³-hybridized carbons (Fsp3) is 0.944. The molecular formula is C18H36O4. The molecule has 0 aliphatic carbocycles. The Balaban J connectivity index is 3.19. The number of rotatable bonds is 16. The maximum Gasteiger partial charge on any atom is 0.305 e. The van der Waals surface area contributed by atoms with Crippen molar-refractivity contribution in [2.24, 2.45) is 0 Å². The third-order valence-corrected chi connectivity index (χ3v) is 3.92. The van der Waals surface area contributed by atoms with E-state index in [-0.39, 0.29) is 18.7 Å². The maximum atomic E-state index is 11.1. The van der Waals surface area contributed by atoms with E-state index in [1.165, 1.54) is 12.8 Å². The number of hydrogen-bond acceptors (Lipinski definition) is 4. The number of esters is 1. The van der Waals surface area contributed by atoms with Gasteiger partial charge in [0.15, 0.2) is 0 Å². The number of hydrogen-bond donors (Lipinski definition) is 2. The molecule has 0 saturated heterocycles. The van der Waals surface area contributed by atoms with Crippen molar-refractivity contribution < 1.29 is 19.7 Å². The van der Waals surface area contributed by atoms with E-state index < -0.39 is 0 Å². The van der Waals surface area contributed by atoms with Gasteiger partial charge in [-0.3, -0.25) is 4.79 Å². The minimum atomic E-state index is -0.155. The average Bonchev–Trinajstić information content (AvgIpc) is 2.50. The van der Waals surface area contributed by atoms with Crippen LogP contribution in [-0.4, -0.2) is 35.5 Å². The lowest BCUT2D eigenvalue weighted by Gasteiger charge is -2.10. The zero-order valence-corrected chi connectivity index (χ0v) is 14.4. The van der Waals surface area contributed by atoms with E-state index in [0.29, 0.717) is 13.0 Å². The van der Waals surface area contributed by atoms with Gasteiger partial charge in [-0.25, -0.2) is 0 Å². The number of carbonyl (C=O) groups is 1. The molecule has 0 spiro atoms. The predicted molar refractivity (Wildman–Crippen MR) is 89.7 cm³/mol. The summed E-state index contributed by atoms with van der Waals surface area (Å²) in [4.78, 5) is 11.1. The molecule has 0 saturated carbocycles. The summed E-state index contributed by atoms with van der Waals surface area (Å²) >= 11 is 0. The Morgan fingerprint density at radius 1 is 0.864 bits per heavy atom. The van der Waals surface area contributed by atoms with E-state index in [4.69, 9.17) is 9.84 Å². The normalized spacial score (nSPS) is 12.3. The highest BCUT2D eigenvalue weighted by molar-refractivity contribution is 5.69. The second-order valence-electron chi connectivity index (χ2n) is 6.05. The van der Waals surface area contributed by atoms with Gasteiger partial charge in [-0.15, -0.1) is 0 Å². The van der Waals surface area contributed by atoms with E-state index in [1.807, 2.05) is 6.92 Å². The predicted octanol–water partition coefficient (Wildman–Crippen LogP) is 3.97. The lowest BCUT2D eigenvalue weighted by molar-refractivity contribution is -0.143. The largest absolute Gasteiger partial charge is 0.466 e. The second-order valence-corrected chi connectivity index (χ2v) is 6.05. The van der Waals surface area contributed by atoms with Gasteiger partial charge in [-0.1, -0.05) is 51.4 Å². The first-order valence-electron chi connectivity index (χ1n) is 9.15. The molecule has 0 heterocycles. The van der Waals surface area contributed by atoms with Crippen molar-refractivity contribution in [2.75, 3.05) is 13.2 Å². The highest BCUT2D eigenvalue weighted by Gasteiger charge is 2.04. The molecule has 1 unspecified atom stereocenters. The smallest absolute Gasteiger partial charge is 0.305 e. The molecule has 0 aliphatic heterocycles. The van der Waals surface area contributed by atoms with Crippen LogP contribution >= 0.6 is 0 Å². The summed E-state index contributed by atoms with van der Waals surface area (Å²) in [6.07, 6.45) is 12.9.